The van der Waals surface area contributed by atoms with Gasteiger partial charge in [-0.1, -0.05) is 29.8 Å². The summed E-state index contributed by atoms with van der Waals surface area (Å²) in [7, 11) is 1.93. The Morgan fingerprint density at radius 1 is 1.31 bits per heavy atom. The molecule has 0 aliphatic rings. The monoisotopic (exact) mass is 176 g/mol. The molecule has 0 spiro atoms. The highest BCUT2D eigenvalue weighted by Crippen LogP contribution is 1.99. The van der Waals surface area contributed by atoms with Crippen LogP contribution < -0.4 is 5.32 Å². The molecule has 0 saturated heterocycles. The van der Waals surface area contributed by atoms with E-state index >= 15 is 0 Å². The predicted molar refractivity (Wildman–Crippen MR) is 57.6 cm³/mol. The Bertz CT molecular complexity index is 262. The Morgan fingerprint density at radius 3 is 2.62 bits per heavy atom. The van der Waals surface area contributed by atoms with Crippen molar-refractivity contribution in [3.63, 3.8) is 0 Å². The molecule has 0 amide bonds. The first kappa shape index (κ1) is 9.93. The summed E-state index contributed by atoms with van der Waals surface area (Å²) in [6, 6.07) is 8.36. The van der Waals surface area contributed by atoms with E-state index in [2.05, 4.69) is 41.5 Å². The van der Waals surface area contributed by atoms with E-state index in [4.69, 9.17) is 0 Å². The van der Waals surface area contributed by atoms with Crippen LogP contribution in [0, 0.1) is 6.92 Å². The fourth-order valence-corrected chi connectivity index (χ4v) is 0.999. The lowest BCUT2D eigenvalue weighted by Crippen LogP contribution is -2.10. The van der Waals surface area contributed by atoms with Gasteiger partial charge in [0.2, 0.25) is 0 Å². The highest BCUT2D eigenvalue weighted by Gasteiger charge is 1.86. The highest BCUT2D eigenvalue weighted by atomic mass is 14.9. The first-order chi connectivity index (χ1) is 6.33. The lowest BCUT2D eigenvalue weighted by atomic mass is 10.2. The largest absolute Gasteiger partial charge is 0.318 e. The van der Waals surface area contributed by atoms with Crippen molar-refractivity contribution in [1.29, 1.82) is 0 Å². The van der Waals surface area contributed by atoms with Gasteiger partial charge in [0.05, 0.1) is 6.54 Å². The maximum atomic E-state index is 4.27. The summed E-state index contributed by atoms with van der Waals surface area (Å²) in [4.78, 5) is 4.27. The van der Waals surface area contributed by atoms with Crippen molar-refractivity contribution >= 4 is 6.21 Å². The van der Waals surface area contributed by atoms with Gasteiger partial charge in [0.1, 0.15) is 0 Å². The molecule has 1 aromatic carbocycles. The van der Waals surface area contributed by atoms with Crippen LogP contribution in [0.25, 0.3) is 0 Å². The van der Waals surface area contributed by atoms with Crippen LogP contribution in [0.3, 0.4) is 0 Å². The third kappa shape index (κ3) is 3.85. The minimum Gasteiger partial charge on any atom is -0.318 e. The third-order valence-corrected chi connectivity index (χ3v) is 1.81. The van der Waals surface area contributed by atoms with Crippen LogP contribution in [-0.2, 0) is 0 Å². The second-order valence-corrected chi connectivity index (χ2v) is 3.05. The van der Waals surface area contributed by atoms with Crippen molar-refractivity contribution < 1.29 is 0 Å². The fraction of sp³-hybridized carbons (Fsp3) is 0.364. The molecule has 1 rings (SSSR count). The van der Waals surface area contributed by atoms with Gasteiger partial charge >= 0.3 is 0 Å². The fourth-order valence-electron chi connectivity index (χ4n) is 0.999. The Labute approximate surface area is 79.7 Å². The summed E-state index contributed by atoms with van der Waals surface area (Å²) < 4.78 is 0. The second-order valence-electron chi connectivity index (χ2n) is 3.05. The van der Waals surface area contributed by atoms with Gasteiger partial charge < -0.3 is 5.32 Å². The molecule has 0 bridgehead atoms. The Hall–Kier alpha value is -1.15. The topological polar surface area (TPSA) is 24.4 Å². The summed E-state index contributed by atoms with van der Waals surface area (Å²) in [6.45, 7) is 3.86. The summed E-state index contributed by atoms with van der Waals surface area (Å²) >= 11 is 0. The van der Waals surface area contributed by atoms with Gasteiger partial charge in [0, 0.05) is 12.8 Å². The van der Waals surface area contributed by atoms with E-state index in [0.717, 1.165) is 13.1 Å². The molecule has 0 aliphatic carbocycles. The van der Waals surface area contributed by atoms with Crippen molar-refractivity contribution in [2.45, 2.75) is 6.92 Å². The van der Waals surface area contributed by atoms with Crippen LogP contribution in [0.4, 0.5) is 0 Å². The van der Waals surface area contributed by atoms with Crippen molar-refractivity contribution in [3.05, 3.63) is 35.4 Å². The number of nitrogens with one attached hydrogen (secondary N) is 1. The maximum Gasteiger partial charge on any atom is 0.0514 e. The Balaban J connectivity index is 2.44. The first-order valence-electron chi connectivity index (χ1n) is 4.54. The zero-order valence-corrected chi connectivity index (χ0v) is 8.25. The van der Waals surface area contributed by atoms with Crippen molar-refractivity contribution in [3.8, 4) is 0 Å². The maximum absolute atomic E-state index is 4.27. The molecule has 0 unspecified atom stereocenters. The zero-order valence-electron chi connectivity index (χ0n) is 8.25. The molecule has 1 N–H and O–H groups in total. The van der Waals surface area contributed by atoms with E-state index < -0.39 is 0 Å². The molecule has 0 radical (unpaired) electrons. The number of likely N-dealkylation sites (N-methyl/N-ethyl adjacent to an activating group) is 1. The molecular weight excluding hydrogens is 160 g/mol. The van der Waals surface area contributed by atoms with Gasteiger partial charge in [-0.3, -0.25) is 4.99 Å². The SMILES string of the molecule is CNCCN=Cc1ccc(C)cc1. The number of hydrogen-bond acceptors (Lipinski definition) is 2. The van der Waals surface area contributed by atoms with Gasteiger partial charge in [0.15, 0.2) is 0 Å². The molecule has 13 heavy (non-hydrogen) atoms. The van der Waals surface area contributed by atoms with Gasteiger partial charge in [-0.05, 0) is 19.5 Å². The minimum absolute atomic E-state index is 0.838. The minimum atomic E-state index is 0.838. The first-order valence-corrected chi connectivity index (χ1v) is 4.54. The van der Waals surface area contributed by atoms with Crippen LogP contribution in [-0.4, -0.2) is 26.4 Å². The van der Waals surface area contributed by atoms with E-state index in [0.29, 0.717) is 0 Å². The molecule has 0 heterocycles. The average molecular weight is 176 g/mol. The molecule has 2 nitrogen and oxygen atoms in total. The van der Waals surface area contributed by atoms with Gasteiger partial charge in [0.25, 0.3) is 0 Å². The number of hydrogen-bond donors (Lipinski definition) is 1. The average Bonchev–Trinajstić information content (AvgIpc) is 2.15. The Kier molecular flexibility index (Phi) is 4.19. The number of aryl methyl sites for hydroxylation is 1. The molecule has 0 aliphatic heterocycles. The molecule has 0 saturated carbocycles. The standard InChI is InChI=1S/C11H16N2/c1-10-3-5-11(6-4-10)9-13-8-7-12-2/h3-6,9,12H,7-8H2,1-2H3. The third-order valence-electron chi connectivity index (χ3n) is 1.81. The molecular formula is C11H16N2. The Morgan fingerprint density at radius 2 is 2.00 bits per heavy atom. The molecule has 0 fully saturated rings. The molecule has 0 aromatic heterocycles. The van der Waals surface area contributed by atoms with Gasteiger partial charge in [-0.2, -0.15) is 0 Å². The van der Waals surface area contributed by atoms with Gasteiger partial charge in [-0.15, -0.1) is 0 Å². The van der Waals surface area contributed by atoms with E-state index in [1.165, 1.54) is 11.1 Å². The van der Waals surface area contributed by atoms with E-state index in [1.807, 2.05) is 13.3 Å². The summed E-state index contributed by atoms with van der Waals surface area (Å²) in [5.41, 5.74) is 2.45. The molecule has 2 heteroatoms. The van der Waals surface area contributed by atoms with E-state index in [1.54, 1.807) is 0 Å². The molecule has 1 aromatic rings. The molecule has 70 valence electrons. The van der Waals surface area contributed by atoms with E-state index in [-0.39, 0.29) is 0 Å². The smallest absolute Gasteiger partial charge is 0.0514 e. The predicted octanol–water partition coefficient (Wildman–Crippen LogP) is 1.63. The van der Waals surface area contributed by atoms with Crippen LogP contribution in [0.1, 0.15) is 11.1 Å². The summed E-state index contributed by atoms with van der Waals surface area (Å²) in [6.07, 6.45) is 1.91. The van der Waals surface area contributed by atoms with Crippen molar-refractivity contribution in [2.24, 2.45) is 4.99 Å². The summed E-state index contributed by atoms with van der Waals surface area (Å²) in [5.74, 6) is 0. The number of aliphatic imine (C=N–C) groups is 1. The van der Waals surface area contributed by atoms with Crippen LogP contribution >= 0.6 is 0 Å². The van der Waals surface area contributed by atoms with Crippen LogP contribution in [0.15, 0.2) is 29.3 Å². The normalized spacial score (nSPS) is 10.9. The zero-order chi connectivity index (χ0) is 9.52. The lowest BCUT2D eigenvalue weighted by molar-refractivity contribution is 0.804. The molecule has 0 atom stereocenters. The van der Waals surface area contributed by atoms with E-state index in [9.17, 15) is 0 Å². The van der Waals surface area contributed by atoms with Gasteiger partial charge in [-0.25, -0.2) is 0 Å². The quantitative estimate of drug-likeness (QED) is 0.547. The van der Waals surface area contributed by atoms with Crippen molar-refractivity contribution in [1.82, 2.24) is 5.32 Å². The number of rotatable bonds is 4. The number of nitrogens with zero attached hydrogens (tertiary/aromatic N) is 1. The van der Waals surface area contributed by atoms with Crippen LogP contribution in [0.2, 0.25) is 0 Å². The van der Waals surface area contributed by atoms with Crippen molar-refractivity contribution in [2.75, 3.05) is 20.1 Å². The lowest BCUT2D eigenvalue weighted by Gasteiger charge is -1.94. The summed E-state index contributed by atoms with van der Waals surface area (Å²) in [5, 5.41) is 3.05. The second kappa shape index (κ2) is 5.49. The number of benzene rings is 1. The van der Waals surface area contributed by atoms with Crippen LogP contribution in [0.5, 0.6) is 0 Å². The highest BCUT2D eigenvalue weighted by molar-refractivity contribution is 5.79.